The fraction of sp³-hybridized carbons (Fsp3) is 0.923. The molecule has 0 saturated carbocycles. The van der Waals surface area contributed by atoms with E-state index >= 15 is 0 Å². The summed E-state index contributed by atoms with van der Waals surface area (Å²) in [5, 5.41) is 6.29. The summed E-state index contributed by atoms with van der Waals surface area (Å²) in [4.78, 5) is 13.9. The monoisotopic (exact) mass is 241 g/mol. The first-order valence-corrected chi connectivity index (χ1v) is 6.76. The van der Waals surface area contributed by atoms with E-state index in [1.54, 1.807) is 0 Å². The van der Waals surface area contributed by atoms with Crippen molar-refractivity contribution < 1.29 is 4.79 Å². The summed E-state index contributed by atoms with van der Waals surface area (Å²) < 4.78 is 0. The van der Waals surface area contributed by atoms with Crippen LogP contribution in [0.25, 0.3) is 0 Å². The van der Waals surface area contributed by atoms with Crippen LogP contribution in [-0.4, -0.2) is 50.1 Å². The first-order valence-electron chi connectivity index (χ1n) is 6.76. The molecule has 0 spiro atoms. The Morgan fingerprint density at radius 1 is 1.35 bits per heavy atom. The van der Waals surface area contributed by atoms with E-state index < -0.39 is 0 Å². The molecule has 0 aromatic heterocycles. The van der Waals surface area contributed by atoms with Gasteiger partial charge in [-0.25, -0.2) is 0 Å². The van der Waals surface area contributed by atoms with Gasteiger partial charge in [0.2, 0.25) is 5.91 Å². The maximum absolute atomic E-state index is 11.5. The van der Waals surface area contributed by atoms with Crippen LogP contribution in [0.15, 0.2) is 0 Å². The summed E-state index contributed by atoms with van der Waals surface area (Å²) in [6.07, 6.45) is 3.35. The predicted molar refractivity (Wildman–Crippen MR) is 71.0 cm³/mol. The van der Waals surface area contributed by atoms with Crippen molar-refractivity contribution >= 4 is 5.91 Å². The van der Waals surface area contributed by atoms with E-state index in [1.807, 2.05) is 0 Å². The predicted octanol–water partition coefficient (Wildman–Crippen LogP) is 0.833. The number of hydrogen-bond acceptors (Lipinski definition) is 3. The van der Waals surface area contributed by atoms with Gasteiger partial charge in [-0.15, -0.1) is 0 Å². The molecule has 1 amide bonds. The Kier molecular flexibility index (Phi) is 6.52. The number of likely N-dealkylation sites (tertiary alicyclic amines) is 1. The van der Waals surface area contributed by atoms with E-state index in [9.17, 15) is 4.79 Å². The maximum atomic E-state index is 11.5. The zero-order valence-electron chi connectivity index (χ0n) is 11.5. The second-order valence-electron chi connectivity index (χ2n) is 5.49. The highest BCUT2D eigenvalue weighted by molar-refractivity contribution is 5.77. The van der Waals surface area contributed by atoms with Crippen LogP contribution in [0.2, 0.25) is 0 Å². The van der Waals surface area contributed by atoms with Crippen molar-refractivity contribution in [3.05, 3.63) is 0 Å². The number of amides is 1. The first-order chi connectivity index (χ1) is 8.08. The van der Waals surface area contributed by atoms with Crippen molar-refractivity contribution in [1.82, 2.24) is 15.5 Å². The Balaban J connectivity index is 2.03. The molecule has 0 unspecified atom stereocenters. The van der Waals surface area contributed by atoms with Gasteiger partial charge in [-0.1, -0.05) is 13.8 Å². The van der Waals surface area contributed by atoms with E-state index in [2.05, 4.69) is 36.4 Å². The second-order valence-corrected chi connectivity index (χ2v) is 5.49. The fourth-order valence-corrected chi connectivity index (χ4v) is 2.01. The van der Waals surface area contributed by atoms with Gasteiger partial charge in [-0.3, -0.25) is 4.79 Å². The summed E-state index contributed by atoms with van der Waals surface area (Å²) in [7, 11) is 2.15. The Morgan fingerprint density at radius 3 is 2.59 bits per heavy atom. The molecule has 1 fully saturated rings. The summed E-state index contributed by atoms with van der Waals surface area (Å²) in [5.41, 5.74) is 0. The zero-order valence-corrected chi connectivity index (χ0v) is 11.5. The molecule has 100 valence electrons. The normalized spacial score (nSPS) is 18.6. The quantitative estimate of drug-likeness (QED) is 0.724. The molecule has 1 saturated heterocycles. The maximum Gasteiger partial charge on any atom is 0.233 e. The number of nitrogens with zero attached hydrogens (tertiary/aromatic N) is 1. The molecule has 4 nitrogen and oxygen atoms in total. The van der Waals surface area contributed by atoms with Crippen LogP contribution in [0.5, 0.6) is 0 Å². The van der Waals surface area contributed by atoms with Crippen molar-refractivity contribution in [2.75, 3.05) is 33.2 Å². The van der Waals surface area contributed by atoms with Gasteiger partial charge < -0.3 is 15.5 Å². The Hall–Kier alpha value is -0.610. The second kappa shape index (κ2) is 7.67. The Morgan fingerprint density at radius 2 is 2.00 bits per heavy atom. The Labute approximate surface area is 105 Å². The van der Waals surface area contributed by atoms with E-state index in [0.717, 1.165) is 38.9 Å². The molecular formula is C13H27N3O. The smallest absolute Gasteiger partial charge is 0.233 e. The number of rotatable bonds is 6. The van der Waals surface area contributed by atoms with Crippen LogP contribution >= 0.6 is 0 Å². The number of piperidine rings is 1. The van der Waals surface area contributed by atoms with Crippen LogP contribution in [0.1, 0.15) is 33.1 Å². The lowest BCUT2D eigenvalue weighted by atomic mass is 10.1. The van der Waals surface area contributed by atoms with Crippen LogP contribution < -0.4 is 10.6 Å². The third-order valence-corrected chi connectivity index (χ3v) is 3.31. The van der Waals surface area contributed by atoms with Crippen molar-refractivity contribution in [3.63, 3.8) is 0 Å². The molecule has 1 aliphatic rings. The van der Waals surface area contributed by atoms with Crippen LogP contribution in [0.3, 0.4) is 0 Å². The third kappa shape index (κ3) is 6.64. The van der Waals surface area contributed by atoms with E-state index in [4.69, 9.17) is 0 Å². The van der Waals surface area contributed by atoms with Crippen molar-refractivity contribution in [3.8, 4) is 0 Å². The van der Waals surface area contributed by atoms with Gasteiger partial charge in [0.15, 0.2) is 0 Å². The van der Waals surface area contributed by atoms with Gasteiger partial charge in [0.25, 0.3) is 0 Å². The third-order valence-electron chi connectivity index (χ3n) is 3.31. The zero-order chi connectivity index (χ0) is 12.7. The van der Waals surface area contributed by atoms with Crippen LogP contribution in [-0.2, 0) is 4.79 Å². The molecule has 0 aliphatic carbocycles. The molecule has 0 aromatic rings. The largest absolute Gasteiger partial charge is 0.355 e. The van der Waals surface area contributed by atoms with Gasteiger partial charge in [0.1, 0.15) is 0 Å². The summed E-state index contributed by atoms with van der Waals surface area (Å²) in [5.74, 6) is 0.779. The SMILES string of the molecule is CC(C)CCNC(=O)CNC1CCN(C)CC1. The highest BCUT2D eigenvalue weighted by Crippen LogP contribution is 2.07. The molecular weight excluding hydrogens is 214 g/mol. The highest BCUT2D eigenvalue weighted by atomic mass is 16.1. The van der Waals surface area contributed by atoms with E-state index in [1.165, 1.54) is 0 Å². The number of hydrogen-bond donors (Lipinski definition) is 2. The highest BCUT2D eigenvalue weighted by Gasteiger charge is 2.16. The van der Waals surface area contributed by atoms with Gasteiger partial charge in [-0.2, -0.15) is 0 Å². The molecule has 1 aliphatic heterocycles. The van der Waals surface area contributed by atoms with Crippen molar-refractivity contribution in [2.24, 2.45) is 5.92 Å². The van der Waals surface area contributed by atoms with Crippen molar-refractivity contribution in [2.45, 2.75) is 39.2 Å². The Bertz CT molecular complexity index is 223. The molecule has 0 aromatic carbocycles. The molecule has 2 N–H and O–H groups in total. The van der Waals surface area contributed by atoms with Gasteiger partial charge in [0.05, 0.1) is 6.54 Å². The average Bonchev–Trinajstić information content (AvgIpc) is 2.28. The fourth-order valence-electron chi connectivity index (χ4n) is 2.01. The first kappa shape index (κ1) is 14.5. The van der Waals surface area contributed by atoms with Gasteiger partial charge in [-0.05, 0) is 45.3 Å². The standard InChI is InChI=1S/C13H27N3O/c1-11(2)4-7-14-13(17)10-15-12-5-8-16(3)9-6-12/h11-12,15H,4-10H2,1-3H3,(H,14,17). The minimum Gasteiger partial charge on any atom is -0.355 e. The molecule has 17 heavy (non-hydrogen) atoms. The molecule has 0 atom stereocenters. The minimum absolute atomic E-state index is 0.129. The molecule has 1 rings (SSSR count). The lowest BCUT2D eigenvalue weighted by Gasteiger charge is -2.29. The van der Waals surface area contributed by atoms with Gasteiger partial charge in [0, 0.05) is 12.6 Å². The number of carbonyl (C=O) groups excluding carboxylic acids is 1. The summed E-state index contributed by atoms with van der Waals surface area (Å²) in [6.45, 7) is 7.86. The average molecular weight is 241 g/mol. The van der Waals surface area contributed by atoms with Crippen LogP contribution in [0, 0.1) is 5.92 Å². The summed E-state index contributed by atoms with van der Waals surface area (Å²) in [6, 6.07) is 0.516. The van der Waals surface area contributed by atoms with E-state index in [-0.39, 0.29) is 5.91 Å². The molecule has 1 heterocycles. The van der Waals surface area contributed by atoms with E-state index in [0.29, 0.717) is 18.5 Å². The molecule has 4 heteroatoms. The van der Waals surface area contributed by atoms with Crippen molar-refractivity contribution in [1.29, 1.82) is 0 Å². The topological polar surface area (TPSA) is 44.4 Å². The lowest BCUT2D eigenvalue weighted by Crippen LogP contribution is -2.44. The number of carbonyl (C=O) groups is 1. The minimum atomic E-state index is 0.129. The van der Waals surface area contributed by atoms with Crippen LogP contribution in [0.4, 0.5) is 0 Å². The lowest BCUT2D eigenvalue weighted by molar-refractivity contribution is -0.120. The number of nitrogens with one attached hydrogen (secondary N) is 2. The van der Waals surface area contributed by atoms with Gasteiger partial charge >= 0.3 is 0 Å². The molecule has 0 bridgehead atoms. The summed E-state index contributed by atoms with van der Waals surface area (Å²) >= 11 is 0. The molecule has 0 radical (unpaired) electrons.